The Balaban J connectivity index is 1.46. The van der Waals surface area contributed by atoms with E-state index in [1.54, 1.807) is 30.3 Å². The van der Waals surface area contributed by atoms with Gasteiger partial charge in [0.15, 0.2) is 11.7 Å². The summed E-state index contributed by atoms with van der Waals surface area (Å²) < 4.78 is 17.2. The number of hydrogen-bond acceptors (Lipinski definition) is 6. The smallest absolute Gasteiger partial charge is 0.276 e. The number of carbonyl (C=O) groups excluding carboxylic acids is 2. The molecule has 0 radical (unpaired) electrons. The van der Waals surface area contributed by atoms with E-state index in [2.05, 4.69) is 32.1 Å². The van der Waals surface area contributed by atoms with Crippen LogP contribution in [0.5, 0.6) is 11.5 Å². The molecule has 0 aliphatic carbocycles. The average Bonchev–Trinajstić information content (AvgIpc) is 2.85. The van der Waals surface area contributed by atoms with Crippen LogP contribution < -0.4 is 25.6 Å². The van der Waals surface area contributed by atoms with Crippen molar-refractivity contribution in [1.29, 1.82) is 0 Å². The van der Waals surface area contributed by atoms with Crippen molar-refractivity contribution in [3.63, 3.8) is 0 Å². The van der Waals surface area contributed by atoms with E-state index in [0.717, 1.165) is 15.2 Å². The van der Waals surface area contributed by atoms with Crippen molar-refractivity contribution in [2.24, 2.45) is 0 Å². The molecule has 3 aromatic carbocycles. The summed E-state index contributed by atoms with van der Waals surface area (Å²) in [7, 11) is 0. The Morgan fingerprint density at radius 2 is 1.68 bits per heavy atom. The number of benzene rings is 3. The van der Waals surface area contributed by atoms with E-state index < -0.39 is 11.8 Å². The van der Waals surface area contributed by atoms with Crippen molar-refractivity contribution in [3.8, 4) is 11.5 Å². The van der Waals surface area contributed by atoms with Crippen LogP contribution in [0.3, 0.4) is 0 Å². The Bertz CT molecular complexity index is 1170. The van der Waals surface area contributed by atoms with Gasteiger partial charge >= 0.3 is 0 Å². The zero-order valence-corrected chi connectivity index (χ0v) is 20.8. The van der Waals surface area contributed by atoms with Gasteiger partial charge in [-0.2, -0.15) is 0 Å². The fourth-order valence-electron chi connectivity index (χ4n) is 2.97. The van der Waals surface area contributed by atoms with E-state index in [1.807, 2.05) is 37.3 Å². The fraction of sp³-hybridized carbons (Fsp3) is 0.208. The minimum atomic E-state index is -0.477. The number of nitrogens with one attached hydrogen (secondary N) is 3. The number of ether oxygens (including phenoxy) is 3. The third kappa shape index (κ3) is 7.14. The summed E-state index contributed by atoms with van der Waals surface area (Å²) in [4.78, 5) is 24.7. The van der Waals surface area contributed by atoms with Gasteiger partial charge in [0, 0.05) is 6.61 Å². The Morgan fingerprint density at radius 3 is 2.50 bits per heavy atom. The predicted molar refractivity (Wildman–Crippen MR) is 137 cm³/mol. The highest BCUT2D eigenvalue weighted by atomic mass is 79.9. The zero-order valence-electron chi connectivity index (χ0n) is 18.4. The molecule has 2 amide bonds. The van der Waals surface area contributed by atoms with Crippen molar-refractivity contribution in [2.45, 2.75) is 6.92 Å². The van der Waals surface area contributed by atoms with Gasteiger partial charge in [0.05, 0.1) is 16.6 Å². The van der Waals surface area contributed by atoms with Gasteiger partial charge in [0.2, 0.25) is 0 Å². The number of thiocarbonyl (C=S) groups is 1. The third-order valence-corrected chi connectivity index (χ3v) is 5.57. The summed E-state index contributed by atoms with van der Waals surface area (Å²) in [6.45, 7) is 2.95. The lowest BCUT2D eigenvalue weighted by Crippen LogP contribution is -2.49. The standard InChI is InChI=1S/C24H24BrN3O5S/c1-2-31-13-14-32-19-10-6-5-9-18(19)23(30)26-24(34)28-27-21(29)15-33-20-12-11-16-7-3-4-8-17(16)22(20)25/h3-12H,2,13-15H2,1H3,(H,27,29)(H2,26,28,30,34). The van der Waals surface area contributed by atoms with Crippen LogP contribution in [0, 0.1) is 0 Å². The molecule has 3 rings (SSSR count). The molecule has 0 atom stereocenters. The Kier molecular flexibility index (Phi) is 9.62. The summed E-state index contributed by atoms with van der Waals surface area (Å²) in [5, 5.41) is 4.46. The molecule has 0 fully saturated rings. The maximum Gasteiger partial charge on any atom is 0.276 e. The van der Waals surface area contributed by atoms with Crippen molar-refractivity contribution in [1.82, 2.24) is 16.2 Å². The van der Waals surface area contributed by atoms with Crippen LogP contribution in [0.4, 0.5) is 0 Å². The monoisotopic (exact) mass is 545 g/mol. The van der Waals surface area contributed by atoms with Crippen LogP contribution in [0.2, 0.25) is 0 Å². The predicted octanol–water partition coefficient (Wildman–Crippen LogP) is 3.73. The average molecular weight is 546 g/mol. The number of halogens is 1. The number of amides is 2. The number of carbonyl (C=O) groups is 2. The Hall–Kier alpha value is -3.21. The second kappa shape index (κ2) is 12.9. The molecule has 0 aliphatic rings. The minimum Gasteiger partial charge on any atom is -0.490 e. The van der Waals surface area contributed by atoms with E-state index in [9.17, 15) is 9.59 Å². The van der Waals surface area contributed by atoms with Gasteiger partial charge in [-0.05, 0) is 64.0 Å². The first kappa shape index (κ1) is 25.4. The van der Waals surface area contributed by atoms with Crippen LogP contribution >= 0.6 is 28.1 Å². The van der Waals surface area contributed by atoms with Gasteiger partial charge in [-0.1, -0.05) is 42.5 Å². The SMILES string of the molecule is CCOCCOc1ccccc1C(=O)NC(=S)NNC(=O)COc1ccc2ccccc2c1Br. The maximum absolute atomic E-state index is 12.6. The first-order valence-electron chi connectivity index (χ1n) is 10.5. The van der Waals surface area contributed by atoms with Crippen LogP contribution in [-0.2, 0) is 9.53 Å². The van der Waals surface area contributed by atoms with Gasteiger partial charge in [-0.15, -0.1) is 0 Å². The van der Waals surface area contributed by atoms with Crippen LogP contribution in [-0.4, -0.2) is 43.4 Å². The molecule has 0 aromatic heterocycles. The molecule has 0 unspecified atom stereocenters. The van der Waals surface area contributed by atoms with E-state index >= 15 is 0 Å². The zero-order chi connectivity index (χ0) is 24.3. The van der Waals surface area contributed by atoms with Crippen LogP contribution in [0.25, 0.3) is 10.8 Å². The molecule has 0 bridgehead atoms. The lowest BCUT2D eigenvalue weighted by atomic mass is 10.1. The van der Waals surface area contributed by atoms with Gasteiger partial charge in [-0.3, -0.25) is 25.8 Å². The molecule has 3 aromatic rings. The van der Waals surface area contributed by atoms with Crippen molar-refractivity contribution in [3.05, 3.63) is 70.7 Å². The van der Waals surface area contributed by atoms with Crippen molar-refractivity contribution in [2.75, 3.05) is 26.4 Å². The maximum atomic E-state index is 12.6. The summed E-state index contributed by atoms with van der Waals surface area (Å²) in [5.41, 5.74) is 5.19. The summed E-state index contributed by atoms with van der Waals surface area (Å²) in [6, 6.07) is 18.3. The summed E-state index contributed by atoms with van der Waals surface area (Å²) in [6.07, 6.45) is 0. The lowest BCUT2D eigenvalue weighted by molar-refractivity contribution is -0.123. The molecule has 3 N–H and O–H groups in total. The van der Waals surface area contributed by atoms with E-state index in [1.165, 1.54) is 0 Å². The molecule has 34 heavy (non-hydrogen) atoms. The minimum absolute atomic E-state index is 0.0747. The lowest BCUT2D eigenvalue weighted by Gasteiger charge is -2.14. The van der Waals surface area contributed by atoms with Crippen molar-refractivity contribution < 1.29 is 23.8 Å². The molecule has 0 aliphatic heterocycles. The van der Waals surface area contributed by atoms with E-state index in [4.69, 9.17) is 26.4 Å². The normalized spacial score (nSPS) is 10.4. The second-order valence-corrected chi connectivity index (χ2v) is 8.09. The highest BCUT2D eigenvalue weighted by molar-refractivity contribution is 9.10. The first-order chi connectivity index (χ1) is 16.5. The fourth-order valence-corrected chi connectivity index (χ4v) is 3.72. The van der Waals surface area contributed by atoms with Gasteiger partial charge in [0.25, 0.3) is 11.8 Å². The molecule has 10 heteroatoms. The Labute approximate surface area is 211 Å². The molecule has 178 valence electrons. The van der Waals surface area contributed by atoms with E-state index in [0.29, 0.717) is 36.9 Å². The quantitative estimate of drug-likeness (QED) is 0.214. The largest absolute Gasteiger partial charge is 0.490 e. The molecular formula is C24H24BrN3O5S. The van der Waals surface area contributed by atoms with Gasteiger partial charge in [-0.25, -0.2) is 0 Å². The third-order valence-electron chi connectivity index (χ3n) is 4.55. The topological polar surface area (TPSA) is 97.9 Å². The van der Waals surface area contributed by atoms with Crippen LogP contribution in [0.15, 0.2) is 65.1 Å². The Morgan fingerprint density at radius 1 is 0.912 bits per heavy atom. The molecule has 0 saturated heterocycles. The van der Waals surface area contributed by atoms with E-state index in [-0.39, 0.29) is 11.7 Å². The molecule has 8 nitrogen and oxygen atoms in total. The number of rotatable bonds is 9. The first-order valence-corrected chi connectivity index (χ1v) is 11.7. The number of hydrogen-bond donors (Lipinski definition) is 3. The molecule has 0 heterocycles. The number of hydrazine groups is 1. The van der Waals surface area contributed by atoms with Crippen LogP contribution in [0.1, 0.15) is 17.3 Å². The molecular weight excluding hydrogens is 522 g/mol. The highest BCUT2D eigenvalue weighted by Gasteiger charge is 2.14. The summed E-state index contributed by atoms with van der Waals surface area (Å²) in [5.74, 6) is -0.0157. The number of fused-ring (bicyclic) bond motifs is 1. The summed E-state index contributed by atoms with van der Waals surface area (Å²) >= 11 is 8.61. The highest BCUT2D eigenvalue weighted by Crippen LogP contribution is 2.32. The van der Waals surface area contributed by atoms with Crippen molar-refractivity contribution >= 4 is 55.8 Å². The number of para-hydroxylation sites is 1. The van der Waals surface area contributed by atoms with Gasteiger partial charge < -0.3 is 14.2 Å². The van der Waals surface area contributed by atoms with Gasteiger partial charge in [0.1, 0.15) is 18.1 Å². The molecule has 0 spiro atoms. The second-order valence-electron chi connectivity index (χ2n) is 6.89. The molecule has 0 saturated carbocycles.